The second kappa shape index (κ2) is 5.62. The first kappa shape index (κ1) is 13.7. The molecule has 0 radical (unpaired) electrons. The molecule has 0 unspecified atom stereocenters. The van der Waals surface area contributed by atoms with Crippen LogP contribution in [-0.4, -0.2) is 18.5 Å². The molecular formula is C18H19NO2. The van der Waals surface area contributed by atoms with Crippen molar-refractivity contribution in [3.05, 3.63) is 54.1 Å². The summed E-state index contributed by atoms with van der Waals surface area (Å²) >= 11 is 0. The Bertz CT molecular complexity index is 760. The molecule has 0 saturated heterocycles. The monoisotopic (exact) mass is 281 g/mol. The van der Waals surface area contributed by atoms with E-state index in [4.69, 9.17) is 9.47 Å². The topological polar surface area (TPSA) is 23.4 Å². The standard InChI is InChI=1S/C18H19NO2/c1-13-15-10-7-11-16(21-12-20-3)18(15)19(2)17(13)14-8-5-4-6-9-14/h4-11H,12H2,1-3H3. The van der Waals surface area contributed by atoms with Crippen LogP contribution in [0, 0.1) is 6.92 Å². The molecule has 3 heteroatoms. The van der Waals surface area contributed by atoms with Crippen molar-refractivity contribution in [2.24, 2.45) is 7.05 Å². The highest BCUT2D eigenvalue weighted by Crippen LogP contribution is 2.36. The van der Waals surface area contributed by atoms with Crippen LogP contribution in [-0.2, 0) is 11.8 Å². The van der Waals surface area contributed by atoms with E-state index in [9.17, 15) is 0 Å². The van der Waals surface area contributed by atoms with Gasteiger partial charge in [0.1, 0.15) is 5.75 Å². The Kier molecular flexibility index (Phi) is 3.67. The lowest BCUT2D eigenvalue weighted by molar-refractivity contribution is 0.0520. The number of aryl methyl sites for hydroxylation is 2. The van der Waals surface area contributed by atoms with Gasteiger partial charge in [-0.25, -0.2) is 0 Å². The van der Waals surface area contributed by atoms with E-state index in [0.717, 1.165) is 11.3 Å². The van der Waals surface area contributed by atoms with Gasteiger partial charge in [-0.15, -0.1) is 0 Å². The number of hydrogen-bond donors (Lipinski definition) is 0. The third kappa shape index (κ3) is 2.30. The average molecular weight is 281 g/mol. The van der Waals surface area contributed by atoms with Crippen molar-refractivity contribution in [3.8, 4) is 17.0 Å². The van der Waals surface area contributed by atoms with Gasteiger partial charge in [0.25, 0.3) is 0 Å². The summed E-state index contributed by atoms with van der Waals surface area (Å²) in [7, 11) is 3.71. The van der Waals surface area contributed by atoms with Gasteiger partial charge in [-0.2, -0.15) is 0 Å². The van der Waals surface area contributed by atoms with Crippen molar-refractivity contribution in [2.45, 2.75) is 6.92 Å². The number of nitrogens with zero attached hydrogens (tertiary/aromatic N) is 1. The number of benzene rings is 2. The summed E-state index contributed by atoms with van der Waals surface area (Å²) in [6.07, 6.45) is 0. The number of hydrogen-bond acceptors (Lipinski definition) is 2. The molecule has 0 aliphatic rings. The van der Waals surface area contributed by atoms with E-state index in [1.165, 1.54) is 22.2 Å². The van der Waals surface area contributed by atoms with Crippen LogP contribution in [0.2, 0.25) is 0 Å². The van der Waals surface area contributed by atoms with E-state index in [0.29, 0.717) is 0 Å². The first-order chi connectivity index (χ1) is 10.2. The zero-order valence-electron chi connectivity index (χ0n) is 12.6. The molecule has 0 aliphatic heterocycles. The zero-order chi connectivity index (χ0) is 14.8. The SMILES string of the molecule is COCOc1cccc2c(C)c(-c3ccccc3)n(C)c12. The highest BCUT2D eigenvalue weighted by Gasteiger charge is 2.16. The Balaban J connectivity index is 2.24. The summed E-state index contributed by atoms with van der Waals surface area (Å²) in [6, 6.07) is 16.6. The lowest BCUT2D eigenvalue weighted by Gasteiger charge is -2.09. The average Bonchev–Trinajstić information content (AvgIpc) is 2.78. The predicted octanol–water partition coefficient (Wildman–Crippen LogP) is 4.14. The lowest BCUT2D eigenvalue weighted by Crippen LogP contribution is -2.01. The molecule has 3 rings (SSSR count). The molecule has 1 aromatic heterocycles. The van der Waals surface area contributed by atoms with Crippen molar-refractivity contribution in [2.75, 3.05) is 13.9 Å². The van der Waals surface area contributed by atoms with Gasteiger partial charge in [-0.3, -0.25) is 0 Å². The second-order valence-corrected chi connectivity index (χ2v) is 5.10. The van der Waals surface area contributed by atoms with Crippen molar-refractivity contribution in [1.82, 2.24) is 4.57 Å². The molecule has 21 heavy (non-hydrogen) atoms. The molecule has 2 aromatic carbocycles. The Morgan fingerprint density at radius 1 is 1.00 bits per heavy atom. The summed E-state index contributed by atoms with van der Waals surface area (Å²) in [4.78, 5) is 0. The lowest BCUT2D eigenvalue weighted by atomic mass is 10.1. The van der Waals surface area contributed by atoms with E-state index in [2.05, 4.69) is 48.9 Å². The van der Waals surface area contributed by atoms with E-state index < -0.39 is 0 Å². The summed E-state index contributed by atoms with van der Waals surface area (Å²) in [5, 5.41) is 1.21. The summed E-state index contributed by atoms with van der Waals surface area (Å²) in [5.74, 6) is 0.849. The minimum Gasteiger partial charge on any atom is -0.465 e. The molecule has 0 spiro atoms. The number of para-hydroxylation sites is 1. The third-order valence-electron chi connectivity index (χ3n) is 3.81. The molecule has 0 saturated carbocycles. The van der Waals surface area contributed by atoms with E-state index in [-0.39, 0.29) is 6.79 Å². The smallest absolute Gasteiger partial charge is 0.188 e. The number of fused-ring (bicyclic) bond motifs is 1. The molecule has 1 heterocycles. The molecule has 0 amide bonds. The van der Waals surface area contributed by atoms with Gasteiger partial charge < -0.3 is 14.0 Å². The van der Waals surface area contributed by atoms with E-state index in [1.807, 2.05) is 18.2 Å². The van der Waals surface area contributed by atoms with Gasteiger partial charge in [0, 0.05) is 19.5 Å². The van der Waals surface area contributed by atoms with Gasteiger partial charge in [-0.1, -0.05) is 42.5 Å². The summed E-state index contributed by atoms with van der Waals surface area (Å²) in [6.45, 7) is 2.41. The van der Waals surface area contributed by atoms with Gasteiger partial charge in [0.15, 0.2) is 6.79 Å². The highest BCUT2D eigenvalue weighted by atomic mass is 16.7. The Morgan fingerprint density at radius 3 is 2.48 bits per heavy atom. The van der Waals surface area contributed by atoms with Crippen molar-refractivity contribution < 1.29 is 9.47 Å². The minimum atomic E-state index is 0.254. The summed E-state index contributed by atoms with van der Waals surface area (Å²) in [5.41, 5.74) is 4.80. The molecule has 3 aromatic rings. The van der Waals surface area contributed by atoms with E-state index >= 15 is 0 Å². The first-order valence-electron chi connectivity index (χ1n) is 6.99. The maximum atomic E-state index is 5.71. The van der Waals surface area contributed by atoms with Crippen LogP contribution in [0.25, 0.3) is 22.2 Å². The number of methoxy groups -OCH3 is 1. The first-order valence-corrected chi connectivity index (χ1v) is 6.99. The third-order valence-corrected chi connectivity index (χ3v) is 3.81. The molecule has 108 valence electrons. The van der Waals surface area contributed by atoms with Crippen LogP contribution in [0.4, 0.5) is 0 Å². The number of rotatable bonds is 4. The Labute approximate surface area is 124 Å². The molecule has 3 nitrogen and oxygen atoms in total. The fourth-order valence-electron chi connectivity index (χ4n) is 2.91. The van der Waals surface area contributed by atoms with Crippen LogP contribution >= 0.6 is 0 Å². The molecule has 0 atom stereocenters. The van der Waals surface area contributed by atoms with Crippen LogP contribution in [0.15, 0.2) is 48.5 Å². The largest absolute Gasteiger partial charge is 0.465 e. The zero-order valence-corrected chi connectivity index (χ0v) is 12.6. The quantitative estimate of drug-likeness (QED) is 0.671. The predicted molar refractivity (Wildman–Crippen MR) is 85.6 cm³/mol. The number of ether oxygens (including phenoxy) is 2. The number of aromatic nitrogens is 1. The van der Waals surface area contributed by atoms with Crippen LogP contribution < -0.4 is 4.74 Å². The van der Waals surface area contributed by atoms with Gasteiger partial charge in [-0.05, 0) is 24.1 Å². The van der Waals surface area contributed by atoms with Gasteiger partial charge in [0.05, 0.1) is 11.2 Å². The second-order valence-electron chi connectivity index (χ2n) is 5.10. The normalized spacial score (nSPS) is 11.0. The molecule has 0 N–H and O–H groups in total. The fraction of sp³-hybridized carbons (Fsp3) is 0.222. The van der Waals surface area contributed by atoms with Gasteiger partial charge >= 0.3 is 0 Å². The maximum absolute atomic E-state index is 5.71. The fourth-order valence-corrected chi connectivity index (χ4v) is 2.91. The van der Waals surface area contributed by atoms with Crippen molar-refractivity contribution >= 4 is 10.9 Å². The van der Waals surface area contributed by atoms with Gasteiger partial charge in [0.2, 0.25) is 0 Å². The maximum Gasteiger partial charge on any atom is 0.188 e. The molecule has 0 fully saturated rings. The van der Waals surface area contributed by atoms with Crippen LogP contribution in [0.3, 0.4) is 0 Å². The van der Waals surface area contributed by atoms with Crippen molar-refractivity contribution in [1.29, 1.82) is 0 Å². The Morgan fingerprint density at radius 2 is 1.76 bits per heavy atom. The molecular weight excluding hydrogens is 262 g/mol. The van der Waals surface area contributed by atoms with Crippen molar-refractivity contribution in [3.63, 3.8) is 0 Å². The minimum absolute atomic E-state index is 0.254. The van der Waals surface area contributed by atoms with E-state index in [1.54, 1.807) is 7.11 Å². The summed E-state index contributed by atoms with van der Waals surface area (Å²) < 4.78 is 12.9. The Hall–Kier alpha value is -2.26. The van der Waals surface area contributed by atoms with Crippen LogP contribution in [0.5, 0.6) is 5.75 Å². The van der Waals surface area contributed by atoms with Crippen LogP contribution in [0.1, 0.15) is 5.56 Å². The highest BCUT2D eigenvalue weighted by molar-refractivity contribution is 5.95. The molecule has 0 bridgehead atoms. The molecule has 0 aliphatic carbocycles.